The van der Waals surface area contributed by atoms with Crippen molar-refractivity contribution in [2.75, 3.05) is 33.7 Å². The van der Waals surface area contributed by atoms with Crippen molar-refractivity contribution in [1.29, 1.82) is 0 Å². The summed E-state index contributed by atoms with van der Waals surface area (Å²) in [5, 5.41) is 3.25. The number of nitrogens with zero attached hydrogens (tertiary/aromatic N) is 2. The second-order valence-corrected chi connectivity index (χ2v) is 5.61. The molecular weight excluding hydrogens is 214 g/mol. The summed E-state index contributed by atoms with van der Waals surface area (Å²) in [6.45, 7) is 8.95. The first-order valence-electron chi connectivity index (χ1n) is 6.59. The van der Waals surface area contributed by atoms with Crippen LogP contribution in [0.15, 0.2) is 0 Å². The van der Waals surface area contributed by atoms with Gasteiger partial charge in [-0.1, -0.05) is 6.92 Å². The minimum atomic E-state index is -0.452. The number of likely N-dealkylation sites (tertiary alicyclic amines) is 1. The maximum Gasteiger partial charge on any atom is 0.242 e. The fourth-order valence-corrected chi connectivity index (χ4v) is 2.51. The van der Waals surface area contributed by atoms with E-state index in [2.05, 4.69) is 17.3 Å². The second kappa shape index (κ2) is 5.83. The molecule has 4 heteroatoms. The first-order valence-corrected chi connectivity index (χ1v) is 6.59. The van der Waals surface area contributed by atoms with Gasteiger partial charge < -0.3 is 15.1 Å². The van der Waals surface area contributed by atoms with Crippen LogP contribution < -0.4 is 5.32 Å². The van der Waals surface area contributed by atoms with Gasteiger partial charge in [0.1, 0.15) is 0 Å². The van der Waals surface area contributed by atoms with Gasteiger partial charge in [0.05, 0.1) is 5.54 Å². The number of likely N-dealkylation sites (N-methyl/N-ethyl adjacent to an activating group) is 2. The standard InChI is InChI=1S/C13H27N3O/c1-6-14-13(2,3)12(17)16(5)11-7-9-15(4)10-8-11/h11,14H,6-10H2,1-5H3. The number of carbonyl (C=O) groups is 1. The maximum atomic E-state index is 12.4. The van der Waals surface area contributed by atoms with Crippen LogP contribution in [0.2, 0.25) is 0 Å². The molecule has 1 aliphatic rings. The summed E-state index contributed by atoms with van der Waals surface area (Å²) in [7, 11) is 4.08. The number of amides is 1. The van der Waals surface area contributed by atoms with E-state index in [0.29, 0.717) is 6.04 Å². The highest BCUT2D eigenvalue weighted by Crippen LogP contribution is 2.17. The Labute approximate surface area is 105 Å². The molecule has 1 aliphatic heterocycles. The van der Waals surface area contributed by atoms with Crippen molar-refractivity contribution in [3.8, 4) is 0 Å². The predicted octanol–water partition coefficient (Wildman–Crippen LogP) is 0.927. The van der Waals surface area contributed by atoms with Crippen molar-refractivity contribution in [2.45, 2.75) is 45.2 Å². The first-order chi connectivity index (χ1) is 7.88. The summed E-state index contributed by atoms with van der Waals surface area (Å²) in [4.78, 5) is 16.6. The molecule has 0 aromatic rings. The quantitative estimate of drug-likeness (QED) is 0.795. The molecule has 0 aromatic carbocycles. The third kappa shape index (κ3) is 3.68. The molecule has 0 atom stereocenters. The molecule has 1 heterocycles. The molecule has 17 heavy (non-hydrogen) atoms. The van der Waals surface area contributed by atoms with Crippen LogP contribution in [0.4, 0.5) is 0 Å². The van der Waals surface area contributed by atoms with Crippen molar-refractivity contribution < 1.29 is 4.79 Å². The van der Waals surface area contributed by atoms with E-state index in [1.54, 1.807) is 0 Å². The predicted molar refractivity (Wildman–Crippen MR) is 71.0 cm³/mol. The lowest BCUT2D eigenvalue weighted by Gasteiger charge is -2.39. The minimum Gasteiger partial charge on any atom is -0.341 e. The molecule has 0 aliphatic carbocycles. The lowest BCUT2D eigenvalue weighted by Crippen LogP contribution is -2.56. The summed E-state index contributed by atoms with van der Waals surface area (Å²) in [5.74, 6) is 0.203. The molecule has 0 aromatic heterocycles. The van der Waals surface area contributed by atoms with E-state index < -0.39 is 5.54 Å². The number of carbonyl (C=O) groups excluding carboxylic acids is 1. The van der Waals surface area contributed by atoms with Gasteiger partial charge in [-0.15, -0.1) is 0 Å². The number of hydrogen-bond donors (Lipinski definition) is 1. The van der Waals surface area contributed by atoms with Crippen molar-refractivity contribution in [1.82, 2.24) is 15.1 Å². The summed E-state index contributed by atoms with van der Waals surface area (Å²) in [6, 6.07) is 0.400. The van der Waals surface area contributed by atoms with Gasteiger partial charge in [0.15, 0.2) is 0 Å². The molecule has 0 bridgehead atoms. The zero-order chi connectivity index (χ0) is 13.1. The van der Waals surface area contributed by atoms with Gasteiger partial charge in [0.25, 0.3) is 0 Å². The van der Waals surface area contributed by atoms with Gasteiger partial charge in [-0.05, 0) is 53.4 Å². The number of hydrogen-bond acceptors (Lipinski definition) is 3. The highest BCUT2D eigenvalue weighted by Gasteiger charge is 2.33. The fourth-order valence-electron chi connectivity index (χ4n) is 2.51. The topological polar surface area (TPSA) is 35.6 Å². The maximum absolute atomic E-state index is 12.4. The first kappa shape index (κ1) is 14.5. The van der Waals surface area contributed by atoms with E-state index >= 15 is 0 Å². The number of rotatable bonds is 4. The van der Waals surface area contributed by atoms with Crippen molar-refractivity contribution >= 4 is 5.91 Å². The van der Waals surface area contributed by atoms with Gasteiger partial charge in [0.2, 0.25) is 5.91 Å². The zero-order valence-corrected chi connectivity index (χ0v) is 11.9. The van der Waals surface area contributed by atoms with E-state index in [1.165, 1.54) is 0 Å². The van der Waals surface area contributed by atoms with Gasteiger partial charge >= 0.3 is 0 Å². The Morgan fingerprint density at radius 3 is 2.41 bits per heavy atom. The molecule has 1 amide bonds. The van der Waals surface area contributed by atoms with Crippen LogP contribution in [0, 0.1) is 0 Å². The molecule has 1 N–H and O–H groups in total. The average molecular weight is 241 g/mol. The summed E-state index contributed by atoms with van der Waals surface area (Å²) >= 11 is 0. The lowest BCUT2D eigenvalue weighted by molar-refractivity contribution is -0.138. The molecule has 0 radical (unpaired) electrons. The summed E-state index contributed by atoms with van der Waals surface area (Å²) in [5.41, 5.74) is -0.452. The molecule has 0 spiro atoms. The van der Waals surface area contributed by atoms with Crippen LogP contribution in [-0.4, -0.2) is 61.0 Å². The van der Waals surface area contributed by atoms with Crippen LogP contribution >= 0.6 is 0 Å². The summed E-state index contributed by atoms with van der Waals surface area (Å²) in [6.07, 6.45) is 2.17. The second-order valence-electron chi connectivity index (χ2n) is 5.61. The zero-order valence-electron chi connectivity index (χ0n) is 11.9. The van der Waals surface area contributed by atoms with Gasteiger partial charge in [-0.2, -0.15) is 0 Å². The lowest BCUT2D eigenvalue weighted by atomic mass is 9.99. The van der Waals surface area contributed by atoms with E-state index in [-0.39, 0.29) is 5.91 Å². The third-order valence-corrected chi connectivity index (χ3v) is 3.71. The Hall–Kier alpha value is -0.610. The van der Waals surface area contributed by atoms with Crippen LogP contribution in [0.25, 0.3) is 0 Å². The van der Waals surface area contributed by atoms with Crippen molar-refractivity contribution in [3.63, 3.8) is 0 Å². The Bertz CT molecular complexity index is 257. The monoisotopic (exact) mass is 241 g/mol. The van der Waals surface area contributed by atoms with Crippen LogP contribution in [0.3, 0.4) is 0 Å². The molecule has 1 saturated heterocycles. The van der Waals surface area contributed by atoms with Gasteiger partial charge in [-0.25, -0.2) is 0 Å². The number of nitrogens with one attached hydrogen (secondary N) is 1. The van der Waals surface area contributed by atoms with Crippen molar-refractivity contribution in [3.05, 3.63) is 0 Å². The Balaban J connectivity index is 2.57. The molecular formula is C13H27N3O. The van der Waals surface area contributed by atoms with Crippen LogP contribution in [-0.2, 0) is 4.79 Å². The average Bonchev–Trinajstić information content (AvgIpc) is 2.28. The molecule has 1 rings (SSSR count). The highest BCUT2D eigenvalue weighted by atomic mass is 16.2. The molecule has 100 valence electrons. The van der Waals surface area contributed by atoms with Crippen LogP contribution in [0.1, 0.15) is 33.6 Å². The molecule has 1 fully saturated rings. The SMILES string of the molecule is CCNC(C)(C)C(=O)N(C)C1CCN(C)CC1. The largest absolute Gasteiger partial charge is 0.341 e. The number of piperidine rings is 1. The Kier molecular flexibility index (Phi) is 4.95. The smallest absolute Gasteiger partial charge is 0.242 e. The third-order valence-electron chi connectivity index (χ3n) is 3.71. The van der Waals surface area contributed by atoms with E-state index in [1.807, 2.05) is 32.7 Å². The van der Waals surface area contributed by atoms with E-state index in [9.17, 15) is 4.79 Å². The van der Waals surface area contributed by atoms with E-state index in [4.69, 9.17) is 0 Å². The van der Waals surface area contributed by atoms with E-state index in [0.717, 1.165) is 32.5 Å². The minimum absolute atomic E-state index is 0.203. The van der Waals surface area contributed by atoms with Crippen molar-refractivity contribution in [2.24, 2.45) is 0 Å². The molecule has 0 saturated carbocycles. The van der Waals surface area contributed by atoms with Crippen LogP contribution in [0.5, 0.6) is 0 Å². The summed E-state index contributed by atoms with van der Waals surface area (Å²) < 4.78 is 0. The van der Waals surface area contributed by atoms with Gasteiger partial charge in [0, 0.05) is 13.1 Å². The van der Waals surface area contributed by atoms with Gasteiger partial charge in [-0.3, -0.25) is 4.79 Å². The fraction of sp³-hybridized carbons (Fsp3) is 0.923. The highest BCUT2D eigenvalue weighted by molar-refractivity contribution is 5.85. The molecule has 4 nitrogen and oxygen atoms in total. The molecule has 0 unspecified atom stereocenters. The Morgan fingerprint density at radius 1 is 1.41 bits per heavy atom. The normalized spacial score (nSPS) is 19.4. The Morgan fingerprint density at radius 2 is 1.94 bits per heavy atom.